The van der Waals surface area contributed by atoms with E-state index in [2.05, 4.69) is 15.0 Å². The Morgan fingerprint density at radius 3 is 2.38 bits per heavy atom. The summed E-state index contributed by atoms with van der Waals surface area (Å²) >= 11 is 0. The number of pyridine rings is 1. The summed E-state index contributed by atoms with van der Waals surface area (Å²) in [4.78, 5) is 32.9. The third kappa shape index (κ3) is 1.54. The standard InChI is InChI=1S/C9H5N3O4/c13-8(14)4-3-5-7(11-2-1-10-5)12-6(4)9(15)16/h1-3H,(H,13,14)(H,15,16). The first-order chi connectivity index (χ1) is 7.59. The fourth-order valence-corrected chi connectivity index (χ4v) is 1.23. The maximum Gasteiger partial charge on any atom is 0.355 e. The Hall–Kier alpha value is -2.57. The monoisotopic (exact) mass is 219 g/mol. The maximum atomic E-state index is 10.8. The molecule has 0 bridgehead atoms. The molecular formula is C9H5N3O4. The number of nitrogens with zero attached hydrogens (tertiary/aromatic N) is 3. The lowest BCUT2D eigenvalue weighted by Gasteiger charge is -2.01. The van der Waals surface area contributed by atoms with Crippen LogP contribution in [0.5, 0.6) is 0 Å². The highest BCUT2D eigenvalue weighted by Gasteiger charge is 2.19. The van der Waals surface area contributed by atoms with Gasteiger partial charge < -0.3 is 10.2 Å². The minimum Gasteiger partial charge on any atom is -0.478 e. The third-order valence-electron chi connectivity index (χ3n) is 1.89. The van der Waals surface area contributed by atoms with Crippen LogP contribution in [0.3, 0.4) is 0 Å². The van der Waals surface area contributed by atoms with E-state index in [-0.39, 0.29) is 11.2 Å². The zero-order chi connectivity index (χ0) is 11.7. The third-order valence-corrected chi connectivity index (χ3v) is 1.89. The summed E-state index contributed by atoms with van der Waals surface area (Å²) in [6.07, 6.45) is 2.72. The Kier molecular flexibility index (Phi) is 2.20. The van der Waals surface area contributed by atoms with Crippen LogP contribution in [-0.4, -0.2) is 37.1 Å². The van der Waals surface area contributed by atoms with E-state index in [1.54, 1.807) is 0 Å². The van der Waals surface area contributed by atoms with Crippen molar-refractivity contribution in [2.45, 2.75) is 0 Å². The van der Waals surface area contributed by atoms with Crippen molar-refractivity contribution in [1.82, 2.24) is 15.0 Å². The quantitative estimate of drug-likeness (QED) is 0.752. The Bertz CT molecular complexity index is 544. The van der Waals surface area contributed by atoms with Crippen LogP contribution in [0.15, 0.2) is 18.5 Å². The van der Waals surface area contributed by atoms with E-state index in [0.717, 1.165) is 6.07 Å². The Morgan fingerprint density at radius 1 is 1.06 bits per heavy atom. The number of hydrogen-bond acceptors (Lipinski definition) is 5. The fraction of sp³-hybridized carbons (Fsp3) is 0. The molecule has 0 atom stereocenters. The van der Waals surface area contributed by atoms with Crippen molar-refractivity contribution in [3.8, 4) is 0 Å². The van der Waals surface area contributed by atoms with E-state index in [9.17, 15) is 9.59 Å². The molecule has 2 aromatic heterocycles. The van der Waals surface area contributed by atoms with Crippen molar-refractivity contribution < 1.29 is 19.8 Å². The molecule has 7 nitrogen and oxygen atoms in total. The van der Waals surface area contributed by atoms with Crippen LogP contribution in [0.25, 0.3) is 11.2 Å². The Balaban J connectivity index is 2.81. The number of aromatic carboxylic acids is 2. The van der Waals surface area contributed by atoms with Gasteiger partial charge in [-0.15, -0.1) is 0 Å². The van der Waals surface area contributed by atoms with E-state index >= 15 is 0 Å². The molecule has 0 saturated heterocycles. The average Bonchev–Trinajstić information content (AvgIpc) is 2.27. The van der Waals surface area contributed by atoms with Crippen LogP contribution < -0.4 is 0 Å². The summed E-state index contributed by atoms with van der Waals surface area (Å²) in [6.45, 7) is 0. The van der Waals surface area contributed by atoms with Crippen molar-refractivity contribution in [2.75, 3.05) is 0 Å². The second-order valence-corrected chi connectivity index (χ2v) is 2.89. The van der Waals surface area contributed by atoms with Crippen molar-refractivity contribution >= 4 is 23.1 Å². The molecule has 2 rings (SSSR count). The molecule has 2 heterocycles. The van der Waals surface area contributed by atoms with Crippen LogP contribution in [0.1, 0.15) is 20.8 Å². The van der Waals surface area contributed by atoms with E-state index < -0.39 is 23.2 Å². The summed E-state index contributed by atoms with van der Waals surface area (Å²) in [5.74, 6) is -2.78. The summed E-state index contributed by atoms with van der Waals surface area (Å²) in [5, 5.41) is 17.6. The zero-order valence-electron chi connectivity index (χ0n) is 7.78. The van der Waals surface area contributed by atoms with Gasteiger partial charge in [0.2, 0.25) is 0 Å². The topological polar surface area (TPSA) is 113 Å². The lowest BCUT2D eigenvalue weighted by Crippen LogP contribution is -2.11. The van der Waals surface area contributed by atoms with Gasteiger partial charge in [-0.25, -0.2) is 19.6 Å². The molecule has 0 radical (unpaired) electrons. The zero-order valence-corrected chi connectivity index (χ0v) is 7.78. The van der Waals surface area contributed by atoms with E-state index in [1.807, 2.05) is 0 Å². The van der Waals surface area contributed by atoms with Gasteiger partial charge in [-0.1, -0.05) is 0 Å². The number of carboxylic acids is 2. The molecule has 0 spiro atoms. The number of fused-ring (bicyclic) bond motifs is 1. The number of hydrogen-bond donors (Lipinski definition) is 2. The molecule has 0 fully saturated rings. The molecule has 2 N–H and O–H groups in total. The summed E-state index contributed by atoms with van der Waals surface area (Å²) in [6, 6.07) is 1.14. The number of rotatable bonds is 2. The molecule has 7 heteroatoms. The second kappa shape index (κ2) is 3.54. The van der Waals surface area contributed by atoms with Gasteiger partial charge in [-0.3, -0.25) is 4.98 Å². The molecule has 80 valence electrons. The minimum absolute atomic E-state index is 0.102. The molecule has 0 unspecified atom stereocenters. The molecule has 0 aliphatic heterocycles. The first-order valence-electron chi connectivity index (χ1n) is 4.18. The van der Waals surface area contributed by atoms with Gasteiger partial charge >= 0.3 is 11.9 Å². The lowest BCUT2D eigenvalue weighted by atomic mass is 10.2. The van der Waals surface area contributed by atoms with Crippen molar-refractivity contribution in [2.24, 2.45) is 0 Å². The maximum absolute atomic E-state index is 10.8. The molecule has 0 aliphatic carbocycles. The van der Waals surface area contributed by atoms with Gasteiger partial charge in [0.1, 0.15) is 5.52 Å². The number of aromatic nitrogens is 3. The van der Waals surface area contributed by atoms with E-state index in [4.69, 9.17) is 10.2 Å². The van der Waals surface area contributed by atoms with Gasteiger partial charge in [0.15, 0.2) is 11.3 Å². The molecule has 0 amide bonds. The molecule has 0 aromatic carbocycles. The molecular weight excluding hydrogens is 214 g/mol. The normalized spacial score (nSPS) is 10.2. The van der Waals surface area contributed by atoms with Gasteiger partial charge in [-0.2, -0.15) is 0 Å². The fourth-order valence-electron chi connectivity index (χ4n) is 1.23. The molecule has 2 aromatic rings. The largest absolute Gasteiger partial charge is 0.478 e. The van der Waals surface area contributed by atoms with Crippen molar-refractivity contribution in [3.63, 3.8) is 0 Å². The number of carboxylic acid groups (broad SMARTS) is 2. The van der Waals surface area contributed by atoms with Gasteiger partial charge in [-0.05, 0) is 6.07 Å². The van der Waals surface area contributed by atoms with Crippen LogP contribution in [-0.2, 0) is 0 Å². The lowest BCUT2D eigenvalue weighted by molar-refractivity contribution is 0.0647. The minimum atomic E-state index is -1.41. The predicted octanol–water partition coefficient (Wildman–Crippen LogP) is 0.421. The second-order valence-electron chi connectivity index (χ2n) is 2.89. The summed E-state index contributed by atoms with van der Waals surface area (Å²) in [5.41, 5.74) is -0.601. The summed E-state index contributed by atoms with van der Waals surface area (Å²) in [7, 11) is 0. The Morgan fingerprint density at radius 2 is 1.75 bits per heavy atom. The molecule has 16 heavy (non-hydrogen) atoms. The SMILES string of the molecule is O=C(O)c1cc2nccnc2nc1C(=O)O. The first-order valence-corrected chi connectivity index (χ1v) is 4.18. The molecule has 0 aliphatic rings. The Labute approximate surface area is 88.4 Å². The predicted molar refractivity (Wildman–Crippen MR) is 51.3 cm³/mol. The van der Waals surface area contributed by atoms with Crippen molar-refractivity contribution in [1.29, 1.82) is 0 Å². The van der Waals surface area contributed by atoms with Gasteiger partial charge in [0.25, 0.3) is 0 Å². The van der Waals surface area contributed by atoms with Crippen LogP contribution in [0, 0.1) is 0 Å². The van der Waals surface area contributed by atoms with Gasteiger partial charge in [0, 0.05) is 12.4 Å². The highest BCUT2D eigenvalue weighted by molar-refractivity contribution is 6.02. The summed E-state index contributed by atoms with van der Waals surface area (Å²) < 4.78 is 0. The van der Waals surface area contributed by atoms with Crippen molar-refractivity contribution in [3.05, 3.63) is 29.7 Å². The number of carbonyl (C=O) groups is 2. The smallest absolute Gasteiger partial charge is 0.355 e. The average molecular weight is 219 g/mol. The molecule has 0 saturated carbocycles. The van der Waals surface area contributed by atoms with Crippen LogP contribution in [0.2, 0.25) is 0 Å². The van der Waals surface area contributed by atoms with E-state index in [1.165, 1.54) is 12.4 Å². The van der Waals surface area contributed by atoms with E-state index in [0.29, 0.717) is 0 Å². The highest BCUT2D eigenvalue weighted by Crippen LogP contribution is 2.13. The van der Waals surface area contributed by atoms with Gasteiger partial charge in [0.05, 0.1) is 5.56 Å². The van der Waals surface area contributed by atoms with Crippen LogP contribution >= 0.6 is 0 Å². The van der Waals surface area contributed by atoms with Crippen LogP contribution in [0.4, 0.5) is 0 Å². The highest BCUT2D eigenvalue weighted by atomic mass is 16.4. The first kappa shape index (κ1) is 9.97.